The number of non-ortho nitro benzene ring substituents is 1. The molecular formula is C18H22F6INO8S2. The van der Waals surface area contributed by atoms with Crippen molar-refractivity contribution in [3.05, 3.63) is 47.8 Å². The number of rotatable bonds is 12. The maximum absolute atomic E-state index is 12.6. The van der Waals surface area contributed by atoms with Crippen molar-refractivity contribution in [2.24, 2.45) is 0 Å². The van der Waals surface area contributed by atoms with Crippen molar-refractivity contribution in [3.63, 3.8) is 0 Å². The summed E-state index contributed by atoms with van der Waals surface area (Å²) >= 11 is -1.01. The minimum absolute atomic E-state index is 0.0914. The molecule has 0 radical (unpaired) electrons. The van der Waals surface area contributed by atoms with Crippen LogP contribution in [0.3, 0.4) is 0 Å². The minimum Gasteiger partial charge on any atom is -0.741 e. The molecular weight excluding hydrogens is 663 g/mol. The van der Waals surface area contributed by atoms with E-state index < -0.39 is 57.4 Å². The number of nitro benzene ring substituents is 1. The van der Waals surface area contributed by atoms with E-state index in [1.54, 1.807) is 0 Å². The lowest BCUT2D eigenvalue weighted by atomic mass is 10.1. The molecule has 0 aliphatic heterocycles. The molecule has 0 fully saturated rings. The molecule has 0 unspecified atom stereocenters. The van der Waals surface area contributed by atoms with Crippen LogP contribution in [0, 0.1) is 13.7 Å². The maximum Gasteiger partial charge on any atom is 0.534 e. The molecule has 0 saturated carbocycles. The predicted molar refractivity (Wildman–Crippen MR) is 110 cm³/mol. The third kappa shape index (κ3) is 13.6. The zero-order valence-corrected chi connectivity index (χ0v) is 22.3. The fraction of sp³-hybridized carbons (Fsp3) is 0.556. The van der Waals surface area contributed by atoms with E-state index >= 15 is 0 Å². The minimum atomic E-state index is -6.09. The monoisotopic (exact) mass is 685 g/mol. The zero-order chi connectivity index (χ0) is 28.2. The van der Waals surface area contributed by atoms with Gasteiger partial charge in [-0.2, -0.15) is 34.8 Å². The van der Waals surface area contributed by atoms with Crippen molar-refractivity contribution in [3.8, 4) is 0 Å². The summed E-state index contributed by atoms with van der Waals surface area (Å²) in [6, 6.07) is 5.60. The van der Waals surface area contributed by atoms with Crippen LogP contribution in [0.5, 0.6) is 0 Å². The lowest BCUT2D eigenvalue weighted by molar-refractivity contribution is -0.558. The Balaban J connectivity index is 0.00000131. The Bertz CT molecular complexity index is 1070. The van der Waals surface area contributed by atoms with Crippen molar-refractivity contribution in [1.29, 1.82) is 0 Å². The molecule has 0 N–H and O–H groups in total. The molecule has 1 aromatic rings. The molecule has 1 rings (SSSR count). The Hall–Kier alpha value is -1.67. The van der Waals surface area contributed by atoms with Crippen LogP contribution in [0.15, 0.2) is 34.1 Å². The maximum atomic E-state index is 12.6. The van der Waals surface area contributed by atoms with Gasteiger partial charge in [0, 0.05) is 18.6 Å². The first-order chi connectivity index (χ1) is 16.3. The second-order valence-electron chi connectivity index (χ2n) is 6.82. The van der Waals surface area contributed by atoms with Gasteiger partial charge in [0.1, 0.15) is 0 Å². The van der Waals surface area contributed by atoms with Crippen molar-refractivity contribution in [1.82, 2.24) is 0 Å². The third-order valence-corrected chi connectivity index (χ3v) is 7.91. The van der Waals surface area contributed by atoms with Gasteiger partial charge in [0.25, 0.3) is 5.69 Å². The van der Waals surface area contributed by atoms with E-state index in [4.69, 9.17) is 13.0 Å². The molecule has 208 valence electrons. The third-order valence-electron chi connectivity index (χ3n) is 3.90. The predicted octanol–water partition coefficient (Wildman–Crippen LogP) is 2.36. The lowest BCUT2D eigenvalue weighted by Gasteiger charge is -2.10. The van der Waals surface area contributed by atoms with Gasteiger partial charge in [-0.3, -0.25) is 10.1 Å². The molecule has 36 heavy (non-hydrogen) atoms. The summed E-state index contributed by atoms with van der Waals surface area (Å²) < 4.78 is 126. The first-order valence-corrected chi connectivity index (χ1v) is 15.1. The van der Waals surface area contributed by atoms with E-state index in [2.05, 4.69) is 11.1 Å². The molecule has 0 amide bonds. The van der Waals surface area contributed by atoms with E-state index in [0.29, 0.717) is 9.99 Å². The summed E-state index contributed by atoms with van der Waals surface area (Å²) in [5.74, 6) is -0.223. The molecule has 0 bridgehead atoms. The van der Waals surface area contributed by atoms with Crippen LogP contribution >= 0.6 is 0 Å². The highest BCUT2D eigenvalue weighted by molar-refractivity contribution is 7.87. The van der Waals surface area contributed by atoms with Crippen molar-refractivity contribution >= 4 is 25.9 Å². The smallest absolute Gasteiger partial charge is 0.534 e. The van der Waals surface area contributed by atoms with E-state index in [1.165, 1.54) is 28.3 Å². The van der Waals surface area contributed by atoms with Crippen LogP contribution in [0.4, 0.5) is 32.0 Å². The second-order valence-corrected chi connectivity index (χ2v) is 12.2. The number of allylic oxidation sites excluding steroid dienone is 1. The average molecular weight is 685 g/mol. The Morgan fingerprint density at radius 2 is 1.42 bits per heavy atom. The highest BCUT2D eigenvalue weighted by atomic mass is 127. The number of benzene rings is 1. The van der Waals surface area contributed by atoms with E-state index in [0.717, 1.165) is 32.1 Å². The summed E-state index contributed by atoms with van der Waals surface area (Å²) in [4.78, 5) is 10.1. The molecule has 0 aliphatic carbocycles. The average Bonchev–Trinajstić information content (AvgIpc) is 2.72. The number of halogens is 7. The van der Waals surface area contributed by atoms with Crippen LogP contribution in [0.2, 0.25) is 0 Å². The van der Waals surface area contributed by atoms with E-state index in [-0.39, 0.29) is 17.9 Å². The van der Waals surface area contributed by atoms with Crippen LogP contribution in [0.1, 0.15) is 51.9 Å². The topological polar surface area (TPSA) is 144 Å². The van der Waals surface area contributed by atoms with Gasteiger partial charge in [-0.15, -0.1) is 0 Å². The fourth-order valence-corrected chi connectivity index (χ4v) is 4.74. The number of alkyl halides is 6. The molecule has 0 aromatic heterocycles. The number of nitro groups is 1. The van der Waals surface area contributed by atoms with Gasteiger partial charge < -0.3 is 8.74 Å². The SMILES string of the molecule is CCCCCCCC/C(=C\[I+]c1ccc([N+](=O)[O-])cc1)OS(=O)(=O)C(F)(F)F.O=S(=O)([O-])C(F)(F)F. The number of hydrogen-bond donors (Lipinski definition) is 0. The van der Waals surface area contributed by atoms with E-state index in [1.807, 2.05) is 0 Å². The number of unbranched alkanes of at least 4 members (excludes halogenated alkanes) is 5. The Morgan fingerprint density at radius 3 is 1.83 bits per heavy atom. The van der Waals surface area contributed by atoms with Crippen molar-refractivity contribution in [2.45, 2.75) is 62.9 Å². The summed E-state index contributed by atoms with van der Waals surface area (Å²) in [6.07, 6.45) is 5.46. The number of nitrogens with zero attached hydrogens (tertiary/aromatic N) is 1. The van der Waals surface area contributed by atoms with Crippen LogP contribution in [-0.4, -0.2) is 37.3 Å². The van der Waals surface area contributed by atoms with E-state index in [9.17, 15) is 44.9 Å². The molecule has 9 nitrogen and oxygen atoms in total. The van der Waals surface area contributed by atoms with Gasteiger partial charge in [-0.05, 0) is 18.6 Å². The summed E-state index contributed by atoms with van der Waals surface area (Å²) in [5, 5.41) is 10.7. The van der Waals surface area contributed by atoms with Gasteiger partial charge in [0.2, 0.25) is 0 Å². The first kappa shape index (κ1) is 34.3. The zero-order valence-electron chi connectivity index (χ0n) is 18.5. The van der Waals surface area contributed by atoms with Gasteiger partial charge in [0.05, 0.1) is 4.92 Å². The van der Waals surface area contributed by atoms with Gasteiger partial charge in [0.15, 0.2) is 23.5 Å². The molecule has 1 aromatic carbocycles. The molecule has 0 aliphatic rings. The summed E-state index contributed by atoms with van der Waals surface area (Å²) in [7, 11) is -11.8. The van der Waals surface area contributed by atoms with Gasteiger partial charge in [-0.25, -0.2) is 8.42 Å². The fourth-order valence-electron chi connectivity index (χ4n) is 2.14. The molecule has 0 atom stereocenters. The highest BCUT2D eigenvalue weighted by Gasteiger charge is 2.49. The highest BCUT2D eigenvalue weighted by Crippen LogP contribution is 2.27. The molecule has 0 saturated heterocycles. The number of hydrogen-bond acceptors (Lipinski definition) is 8. The normalized spacial score (nSPS) is 13.1. The van der Waals surface area contributed by atoms with Crippen LogP contribution in [-0.2, 0) is 24.4 Å². The Kier molecular flexibility index (Phi) is 14.2. The first-order valence-electron chi connectivity index (χ1n) is 9.91. The molecule has 0 spiro atoms. The second kappa shape index (κ2) is 14.9. The van der Waals surface area contributed by atoms with Gasteiger partial charge in [-0.1, -0.05) is 39.0 Å². The largest absolute Gasteiger partial charge is 0.741 e. The van der Waals surface area contributed by atoms with Crippen LogP contribution in [0.25, 0.3) is 0 Å². The summed E-state index contributed by atoms with van der Waals surface area (Å²) in [5.41, 5.74) is -11.2. The Labute approximate surface area is 214 Å². The van der Waals surface area contributed by atoms with Crippen molar-refractivity contribution < 1.29 is 78.0 Å². The summed E-state index contributed by atoms with van der Waals surface area (Å²) in [6.45, 7) is 2.07. The Morgan fingerprint density at radius 1 is 0.944 bits per heavy atom. The molecule has 0 heterocycles. The standard InChI is InChI=1S/C17H22F3INO5S.CHF3O3S/c1-2-3-4-5-6-7-8-16(27-28(25,26)17(18,19)20)13-21-14-9-11-15(12-10-14)22(23)24;2-1(3,4)8(5,6)7/h9-13H,2-8H2,1H3;(H,5,6,7)/q+1;/p-1/b16-13+;. The van der Waals surface area contributed by atoms with Crippen LogP contribution < -0.4 is 21.2 Å². The lowest BCUT2D eigenvalue weighted by Crippen LogP contribution is -3.59. The molecule has 18 heteroatoms. The van der Waals surface area contributed by atoms with Gasteiger partial charge >= 0.3 is 42.3 Å². The van der Waals surface area contributed by atoms with Crippen molar-refractivity contribution in [2.75, 3.05) is 0 Å². The quantitative estimate of drug-likeness (QED) is 0.0376.